The molecule has 2 unspecified atom stereocenters. The van der Waals surface area contributed by atoms with Gasteiger partial charge in [-0.25, -0.2) is 0 Å². The monoisotopic (exact) mass is 399 g/mol. The van der Waals surface area contributed by atoms with E-state index in [9.17, 15) is 20.2 Å². The summed E-state index contributed by atoms with van der Waals surface area (Å²) in [7, 11) is 0. The summed E-state index contributed by atoms with van der Waals surface area (Å²) >= 11 is 6.39. The zero-order valence-corrected chi connectivity index (χ0v) is 16.1. The Morgan fingerprint density at radius 3 is 2.57 bits per heavy atom. The molecule has 1 heterocycles. The molecule has 2 aromatic rings. The minimum Gasteiger partial charge on any atom is -0.372 e. The van der Waals surface area contributed by atoms with Crippen LogP contribution in [0.15, 0.2) is 36.4 Å². The van der Waals surface area contributed by atoms with Gasteiger partial charge in [-0.2, -0.15) is 0 Å². The number of fused-ring (bicyclic) bond motifs is 3. The first-order valence-electron chi connectivity index (χ1n) is 8.95. The topological polar surface area (TPSA) is 98.3 Å². The molecular formula is C20H18ClN3O4. The molecule has 144 valence electrons. The Morgan fingerprint density at radius 2 is 1.89 bits per heavy atom. The highest BCUT2D eigenvalue weighted by atomic mass is 35.5. The molecule has 1 aliphatic carbocycles. The number of anilines is 1. The van der Waals surface area contributed by atoms with Crippen molar-refractivity contribution in [1.82, 2.24) is 0 Å². The van der Waals surface area contributed by atoms with Gasteiger partial charge < -0.3 is 5.32 Å². The predicted molar refractivity (Wildman–Crippen MR) is 107 cm³/mol. The molecule has 8 heteroatoms. The summed E-state index contributed by atoms with van der Waals surface area (Å²) in [6, 6.07) is 5.56. The highest BCUT2D eigenvalue weighted by molar-refractivity contribution is 6.31. The number of nitro groups is 2. The summed E-state index contributed by atoms with van der Waals surface area (Å²) < 4.78 is 0. The van der Waals surface area contributed by atoms with Gasteiger partial charge in [0.2, 0.25) is 0 Å². The molecule has 4 rings (SSSR count). The van der Waals surface area contributed by atoms with Crippen molar-refractivity contribution in [2.45, 2.75) is 32.2 Å². The maximum atomic E-state index is 11.7. The van der Waals surface area contributed by atoms with E-state index in [1.807, 2.05) is 13.8 Å². The molecule has 7 nitrogen and oxygen atoms in total. The third kappa shape index (κ3) is 2.74. The summed E-state index contributed by atoms with van der Waals surface area (Å²) in [5, 5.41) is 26.7. The summed E-state index contributed by atoms with van der Waals surface area (Å²) in [6.07, 6.45) is 4.92. The van der Waals surface area contributed by atoms with Gasteiger partial charge in [0, 0.05) is 34.7 Å². The van der Waals surface area contributed by atoms with E-state index in [0.717, 1.165) is 23.1 Å². The zero-order valence-electron chi connectivity index (χ0n) is 15.3. The Hall–Kier alpha value is -2.93. The van der Waals surface area contributed by atoms with Crippen molar-refractivity contribution in [1.29, 1.82) is 0 Å². The lowest BCUT2D eigenvalue weighted by molar-refractivity contribution is -0.384. The third-order valence-electron chi connectivity index (χ3n) is 5.87. The molecule has 3 atom stereocenters. The number of nitrogens with zero attached hydrogens (tertiary/aromatic N) is 2. The van der Waals surface area contributed by atoms with E-state index < -0.39 is 4.92 Å². The van der Waals surface area contributed by atoms with Crippen molar-refractivity contribution >= 4 is 28.7 Å². The molecule has 1 aliphatic heterocycles. The van der Waals surface area contributed by atoms with Gasteiger partial charge in [-0.05, 0) is 48.9 Å². The van der Waals surface area contributed by atoms with Crippen molar-refractivity contribution in [3.05, 3.63) is 83.9 Å². The van der Waals surface area contributed by atoms with Gasteiger partial charge in [0.25, 0.3) is 11.4 Å². The average Bonchev–Trinajstić information content (AvgIpc) is 3.13. The van der Waals surface area contributed by atoms with Gasteiger partial charge in [0.1, 0.15) is 5.69 Å². The Balaban J connectivity index is 1.92. The number of allylic oxidation sites excluding steroid dienone is 2. The number of benzene rings is 2. The fourth-order valence-corrected chi connectivity index (χ4v) is 4.65. The summed E-state index contributed by atoms with van der Waals surface area (Å²) in [6.45, 7) is 3.85. The van der Waals surface area contributed by atoms with Gasteiger partial charge in [-0.3, -0.25) is 20.2 Å². The number of nitro benzene ring substituents is 2. The van der Waals surface area contributed by atoms with Crippen LogP contribution in [0, 0.1) is 40.0 Å². The number of aryl methyl sites for hydroxylation is 1. The summed E-state index contributed by atoms with van der Waals surface area (Å²) in [5.41, 5.74) is 3.87. The Kier molecular flexibility index (Phi) is 4.34. The van der Waals surface area contributed by atoms with Gasteiger partial charge in [0.15, 0.2) is 0 Å². The second kappa shape index (κ2) is 6.60. The first kappa shape index (κ1) is 18.4. The minimum absolute atomic E-state index is 0.00446. The number of non-ortho nitro benzene ring substituents is 1. The van der Waals surface area contributed by atoms with E-state index in [4.69, 9.17) is 11.6 Å². The van der Waals surface area contributed by atoms with Crippen LogP contribution in [-0.2, 0) is 0 Å². The molecule has 0 radical (unpaired) electrons. The lowest BCUT2D eigenvalue weighted by Gasteiger charge is -2.38. The highest BCUT2D eigenvalue weighted by Gasteiger charge is 2.42. The van der Waals surface area contributed by atoms with Crippen LogP contribution in [0.5, 0.6) is 0 Å². The second-order valence-corrected chi connectivity index (χ2v) is 7.73. The second-order valence-electron chi connectivity index (χ2n) is 7.32. The van der Waals surface area contributed by atoms with Gasteiger partial charge in [-0.1, -0.05) is 23.8 Å². The van der Waals surface area contributed by atoms with Crippen molar-refractivity contribution in [2.75, 3.05) is 5.32 Å². The maximum Gasteiger partial charge on any atom is 0.292 e. The SMILES string of the molecule is Cc1cc([N+](=O)[O-])c2c(c1C)C1C=CCC1[C@@H](c1cc([N+](=O)[O-])ccc1Cl)N2. The van der Waals surface area contributed by atoms with E-state index in [-0.39, 0.29) is 34.2 Å². The van der Waals surface area contributed by atoms with Crippen molar-refractivity contribution < 1.29 is 9.85 Å². The van der Waals surface area contributed by atoms with Gasteiger partial charge in [-0.15, -0.1) is 0 Å². The Morgan fingerprint density at radius 1 is 1.14 bits per heavy atom. The quantitative estimate of drug-likeness (QED) is 0.411. The van der Waals surface area contributed by atoms with Crippen molar-refractivity contribution in [3.63, 3.8) is 0 Å². The van der Waals surface area contributed by atoms with E-state index in [1.54, 1.807) is 6.07 Å². The van der Waals surface area contributed by atoms with Gasteiger partial charge in [0.05, 0.1) is 15.9 Å². The number of hydrogen-bond donors (Lipinski definition) is 1. The molecule has 1 N–H and O–H groups in total. The molecule has 28 heavy (non-hydrogen) atoms. The summed E-state index contributed by atoms with van der Waals surface area (Å²) in [5.74, 6) is 0.0716. The van der Waals surface area contributed by atoms with E-state index in [2.05, 4.69) is 17.5 Å². The van der Waals surface area contributed by atoms with Crippen LogP contribution in [0.1, 0.15) is 40.6 Å². The van der Waals surface area contributed by atoms with Crippen LogP contribution in [0.3, 0.4) is 0 Å². The molecule has 2 aliphatic rings. The third-order valence-corrected chi connectivity index (χ3v) is 6.21. The molecule has 2 aromatic carbocycles. The molecule has 0 aromatic heterocycles. The molecule has 0 fully saturated rings. The number of nitrogens with one attached hydrogen (secondary N) is 1. The standard InChI is InChI=1S/C20H18ClN3O4/c1-10-8-17(24(27)28)20-18(11(10)2)13-4-3-5-14(13)19(22-20)15-9-12(23(25)26)6-7-16(15)21/h3-4,6-9,13-14,19,22H,5H2,1-2H3/t13?,14?,19-/m0/s1. The molecule has 0 bridgehead atoms. The van der Waals surface area contributed by atoms with Crippen LogP contribution in [-0.4, -0.2) is 9.85 Å². The van der Waals surface area contributed by atoms with Crippen LogP contribution >= 0.6 is 11.6 Å². The average molecular weight is 400 g/mol. The largest absolute Gasteiger partial charge is 0.372 e. The lowest BCUT2D eigenvalue weighted by Crippen LogP contribution is -2.30. The van der Waals surface area contributed by atoms with Crippen LogP contribution in [0.2, 0.25) is 5.02 Å². The number of rotatable bonds is 3. The molecule has 0 amide bonds. The Bertz CT molecular complexity index is 1050. The fraction of sp³-hybridized carbons (Fsp3) is 0.300. The van der Waals surface area contributed by atoms with Crippen molar-refractivity contribution in [2.24, 2.45) is 5.92 Å². The maximum absolute atomic E-state index is 11.7. The lowest BCUT2D eigenvalue weighted by atomic mass is 9.74. The van der Waals surface area contributed by atoms with Crippen LogP contribution in [0.4, 0.5) is 17.1 Å². The molecule has 0 saturated carbocycles. The summed E-state index contributed by atoms with van der Waals surface area (Å²) in [4.78, 5) is 22.1. The Labute approximate surface area is 166 Å². The van der Waals surface area contributed by atoms with Crippen molar-refractivity contribution in [3.8, 4) is 0 Å². The van der Waals surface area contributed by atoms with E-state index in [0.29, 0.717) is 16.3 Å². The fourth-order valence-electron chi connectivity index (χ4n) is 4.42. The van der Waals surface area contributed by atoms with Crippen LogP contribution in [0.25, 0.3) is 0 Å². The first-order valence-corrected chi connectivity index (χ1v) is 9.33. The molecular weight excluding hydrogens is 382 g/mol. The number of hydrogen-bond acceptors (Lipinski definition) is 5. The van der Waals surface area contributed by atoms with E-state index >= 15 is 0 Å². The van der Waals surface area contributed by atoms with E-state index in [1.165, 1.54) is 18.2 Å². The predicted octanol–water partition coefficient (Wildman–Crippen LogP) is 5.60. The molecule has 0 spiro atoms. The van der Waals surface area contributed by atoms with Crippen LogP contribution < -0.4 is 5.32 Å². The minimum atomic E-state index is -0.461. The smallest absolute Gasteiger partial charge is 0.292 e. The first-order chi connectivity index (χ1) is 13.3. The normalized spacial score (nSPS) is 22.3. The molecule has 0 saturated heterocycles. The highest BCUT2D eigenvalue weighted by Crippen LogP contribution is 2.54. The zero-order chi connectivity index (χ0) is 20.2. The van der Waals surface area contributed by atoms with Gasteiger partial charge >= 0.3 is 0 Å². The number of halogens is 1.